The van der Waals surface area contributed by atoms with E-state index in [4.69, 9.17) is 0 Å². The second-order valence-electron chi connectivity index (χ2n) is 7.14. The molecule has 1 fully saturated rings. The lowest BCUT2D eigenvalue weighted by molar-refractivity contribution is 0.0574. The van der Waals surface area contributed by atoms with Crippen molar-refractivity contribution >= 4 is 5.91 Å². The molecule has 1 heterocycles. The topological polar surface area (TPSA) is 60.8 Å². The van der Waals surface area contributed by atoms with Gasteiger partial charge in [0.25, 0.3) is 5.91 Å². The van der Waals surface area contributed by atoms with Crippen molar-refractivity contribution in [2.75, 3.05) is 13.2 Å². The van der Waals surface area contributed by atoms with Crippen LogP contribution in [-0.2, 0) is 5.41 Å². The zero-order chi connectivity index (χ0) is 16.3. The molecule has 0 spiro atoms. The minimum Gasteiger partial charge on any atom is -0.508 e. The van der Waals surface area contributed by atoms with Crippen LogP contribution < -0.4 is 0 Å². The van der Waals surface area contributed by atoms with Crippen molar-refractivity contribution < 1.29 is 15.0 Å². The molecule has 1 aliphatic rings. The van der Waals surface area contributed by atoms with E-state index in [1.165, 1.54) is 0 Å². The van der Waals surface area contributed by atoms with Crippen molar-refractivity contribution in [3.8, 4) is 5.75 Å². The van der Waals surface area contributed by atoms with E-state index in [-0.39, 0.29) is 29.7 Å². The summed E-state index contributed by atoms with van der Waals surface area (Å²) in [7, 11) is 0. The van der Waals surface area contributed by atoms with Gasteiger partial charge in [-0.1, -0.05) is 20.8 Å². The summed E-state index contributed by atoms with van der Waals surface area (Å²) in [6.07, 6.45) is 3.71. The van der Waals surface area contributed by atoms with Crippen molar-refractivity contribution in [1.29, 1.82) is 0 Å². The van der Waals surface area contributed by atoms with Crippen LogP contribution in [0.5, 0.6) is 5.75 Å². The van der Waals surface area contributed by atoms with Crippen LogP contribution >= 0.6 is 0 Å². The van der Waals surface area contributed by atoms with Gasteiger partial charge in [0.1, 0.15) is 5.75 Å². The molecule has 1 aromatic carbocycles. The Morgan fingerprint density at radius 1 is 1.32 bits per heavy atom. The number of carbonyl (C=O) groups is 1. The Balaban J connectivity index is 2.28. The Morgan fingerprint density at radius 2 is 2.05 bits per heavy atom. The number of piperidine rings is 1. The lowest BCUT2D eigenvalue weighted by Gasteiger charge is -2.36. The summed E-state index contributed by atoms with van der Waals surface area (Å²) in [4.78, 5) is 14.7. The van der Waals surface area contributed by atoms with E-state index in [0.717, 1.165) is 31.4 Å². The maximum Gasteiger partial charge on any atom is 0.254 e. The number of aliphatic hydroxyl groups excluding tert-OH is 1. The molecule has 1 atom stereocenters. The van der Waals surface area contributed by atoms with Gasteiger partial charge in [-0.25, -0.2) is 0 Å². The van der Waals surface area contributed by atoms with E-state index in [1.807, 2.05) is 31.7 Å². The number of amides is 1. The van der Waals surface area contributed by atoms with Gasteiger partial charge in [0.05, 0.1) is 0 Å². The lowest BCUT2D eigenvalue weighted by Crippen LogP contribution is -2.44. The molecule has 122 valence electrons. The Morgan fingerprint density at radius 3 is 2.68 bits per heavy atom. The summed E-state index contributed by atoms with van der Waals surface area (Å²) < 4.78 is 0. The molecule has 0 saturated carbocycles. The molecule has 1 amide bonds. The van der Waals surface area contributed by atoms with Gasteiger partial charge < -0.3 is 15.1 Å². The third-order valence-corrected chi connectivity index (χ3v) is 4.40. The van der Waals surface area contributed by atoms with Gasteiger partial charge in [-0.05, 0) is 49.3 Å². The first-order valence-corrected chi connectivity index (χ1v) is 8.10. The highest BCUT2D eigenvalue weighted by Crippen LogP contribution is 2.32. The summed E-state index contributed by atoms with van der Waals surface area (Å²) in [5.41, 5.74) is 1.19. The van der Waals surface area contributed by atoms with Crippen molar-refractivity contribution in [1.82, 2.24) is 4.90 Å². The van der Waals surface area contributed by atoms with Crippen LogP contribution in [-0.4, -0.2) is 40.2 Å². The summed E-state index contributed by atoms with van der Waals surface area (Å²) >= 11 is 0. The zero-order valence-corrected chi connectivity index (χ0v) is 13.8. The van der Waals surface area contributed by atoms with E-state index in [2.05, 4.69) is 0 Å². The Bertz CT molecular complexity index is 532. The highest BCUT2D eigenvalue weighted by atomic mass is 16.3. The third-order valence-electron chi connectivity index (χ3n) is 4.40. The summed E-state index contributed by atoms with van der Waals surface area (Å²) in [6.45, 7) is 6.91. The molecule has 4 nitrogen and oxygen atoms in total. The maximum atomic E-state index is 12.8. The molecule has 1 unspecified atom stereocenters. The second-order valence-corrected chi connectivity index (χ2v) is 7.14. The molecule has 2 N–H and O–H groups in total. The Hall–Kier alpha value is -1.55. The summed E-state index contributed by atoms with van der Waals surface area (Å²) in [5, 5.41) is 19.2. The van der Waals surface area contributed by atoms with Gasteiger partial charge in [0.2, 0.25) is 0 Å². The number of carbonyl (C=O) groups excluding carboxylic acids is 1. The van der Waals surface area contributed by atoms with E-state index < -0.39 is 0 Å². The summed E-state index contributed by atoms with van der Waals surface area (Å²) in [5.74, 6) is 0.234. The number of phenolic OH excluding ortho intramolecular Hbond substituents is 1. The first-order chi connectivity index (χ1) is 10.3. The number of phenols is 1. The Kier molecular flexibility index (Phi) is 5.12. The smallest absolute Gasteiger partial charge is 0.254 e. The minimum atomic E-state index is -0.216. The van der Waals surface area contributed by atoms with Crippen LogP contribution in [0.2, 0.25) is 0 Å². The van der Waals surface area contributed by atoms with Gasteiger partial charge in [-0.2, -0.15) is 0 Å². The molecular weight excluding hydrogens is 278 g/mol. The zero-order valence-electron chi connectivity index (χ0n) is 13.8. The number of rotatable bonds is 3. The third kappa shape index (κ3) is 3.61. The molecular formula is C18H27NO3. The van der Waals surface area contributed by atoms with E-state index in [0.29, 0.717) is 12.0 Å². The van der Waals surface area contributed by atoms with E-state index in [1.54, 1.807) is 12.1 Å². The Labute approximate surface area is 132 Å². The monoisotopic (exact) mass is 305 g/mol. The number of benzene rings is 1. The predicted molar refractivity (Wildman–Crippen MR) is 87.2 cm³/mol. The first-order valence-electron chi connectivity index (χ1n) is 8.10. The van der Waals surface area contributed by atoms with E-state index >= 15 is 0 Å². The minimum absolute atomic E-state index is 0.00338. The fraction of sp³-hybridized carbons (Fsp3) is 0.611. The molecule has 0 bridgehead atoms. The van der Waals surface area contributed by atoms with Gasteiger partial charge in [0, 0.05) is 30.3 Å². The molecule has 0 aromatic heterocycles. The number of hydrogen-bond acceptors (Lipinski definition) is 3. The SMILES string of the molecule is CC(C)(C)c1cc(C(=O)N2CCCCC2CCO)ccc1O. The van der Waals surface area contributed by atoms with E-state index in [9.17, 15) is 15.0 Å². The molecule has 4 heteroatoms. The summed E-state index contributed by atoms with van der Waals surface area (Å²) in [6, 6.07) is 5.23. The number of aromatic hydroxyl groups is 1. The molecule has 0 aliphatic carbocycles. The molecule has 1 aliphatic heterocycles. The molecule has 1 aromatic rings. The molecule has 1 saturated heterocycles. The van der Waals surface area contributed by atoms with Crippen LogP contribution in [0, 0.1) is 0 Å². The standard InChI is InChI=1S/C18H27NO3/c1-18(2,3)15-12-13(7-8-16(15)21)17(22)19-10-5-4-6-14(19)9-11-20/h7-8,12,14,20-21H,4-6,9-11H2,1-3H3. The quantitative estimate of drug-likeness (QED) is 0.902. The highest BCUT2D eigenvalue weighted by molar-refractivity contribution is 5.95. The van der Waals surface area contributed by atoms with Crippen molar-refractivity contribution in [2.45, 2.75) is 57.9 Å². The number of likely N-dealkylation sites (tertiary alicyclic amines) is 1. The number of nitrogens with zero attached hydrogens (tertiary/aromatic N) is 1. The van der Waals surface area contributed by atoms with Crippen LogP contribution in [0.15, 0.2) is 18.2 Å². The van der Waals surface area contributed by atoms with Crippen molar-refractivity contribution in [2.24, 2.45) is 0 Å². The average molecular weight is 305 g/mol. The van der Waals surface area contributed by atoms with Gasteiger partial charge >= 0.3 is 0 Å². The normalized spacial score (nSPS) is 19.3. The number of aliphatic hydroxyl groups is 1. The fourth-order valence-corrected chi connectivity index (χ4v) is 3.15. The van der Waals surface area contributed by atoms with Gasteiger partial charge in [0.15, 0.2) is 0 Å². The predicted octanol–water partition coefficient (Wildman–Crippen LogP) is 3.07. The van der Waals surface area contributed by atoms with Crippen LogP contribution in [0.3, 0.4) is 0 Å². The van der Waals surface area contributed by atoms with Crippen LogP contribution in [0.1, 0.15) is 62.4 Å². The average Bonchev–Trinajstić information content (AvgIpc) is 2.47. The van der Waals surface area contributed by atoms with Gasteiger partial charge in [-0.3, -0.25) is 4.79 Å². The lowest BCUT2D eigenvalue weighted by atomic mass is 9.85. The van der Waals surface area contributed by atoms with Crippen molar-refractivity contribution in [3.63, 3.8) is 0 Å². The molecule has 2 rings (SSSR count). The largest absolute Gasteiger partial charge is 0.508 e. The maximum absolute atomic E-state index is 12.8. The van der Waals surface area contributed by atoms with Crippen molar-refractivity contribution in [3.05, 3.63) is 29.3 Å². The second kappa shape index (κ2) is 6.69. The fourth-order valence-electron chi connectivity index (χ4n) is 3.15. The van der Waals surface area contributed by atoms with Crippen LogP contribution in [0.4, 0.5) is 0 Å². The number of hydrogen-bond donors (Lipinski definition) is 2. The molecule has 22 heavy (non-hydrogen) atoms. The molecule has 0 radical (unpaired) electrons. The highest BCUT2D eigenvalue weighted by Gasteiger charge is 2.28. The first kappa shape index (κ1) is 16.8. The van der Waals surface area contributed by atoms with Gasteiger partial charge in [-0.15, -0.1) is 0 Å². The van der Waals surface area contributed by atoms with Crippen LogP contribution in [0.25, 0.3) is 0 Å².